The fourth-order valence-electron chi connectivity index (χ4n) is 1.94. The van der Waals surface area contributed by atoms with Gasteiger partial charge in [-0.25, -0.2) is 4.79 Å². The summed E-state index contributed by atoms with van der Waals surface area (Å²) < 4.78 is 4.99. The van der Waals surface area contributed by atoms with Gasteiger partial charge in [-0.3, -0.25) is 9.78 Å². The molecule has 3 rings (SSSR count). The van der Waals surface area contributed by atoms with Gasteiger partial charge in [-0.15, -0.1) is 0 Å². The van der Waals surface area contributed by atoms with E-state index in [1.807, 2.05) is 0 Å². The molecule has 100 valence electrons. The second-order valence-electron chi connectivity index (χ2n) is 4.29. The van der Waals surface area contributed by atoms with Crippen molar-refractivity contribution in [2.24, 2.45) is 0 Å². The first-order valence-electron chi connectivity index (χ1n) is 6.02. The Kier molecular flexibility index (Phi) is 3.04. The van der Waals surface area contributed by atoms with Gasteiger partial charge in [-0.05, 0) is 30.3 Å². The van der Waals surface area contributed by atoms with Gasteiger partial charge in [-0.2, -0.15) is 0 Å². The molecule has 0 unspecified atom stereocenters. The number of aromatic nitrogens is 1. The van der Waals surface area contributed by atoms with Crippen LogP contribution in [0.3, 0.4) is 0 Å². The van der Waals surface area contributed by atoms with Gasteiger partial charge < -0.3 is 15.4 Å². The first kappa shape index (κ1) is 12.2. The van der Waals surface area contributed by atoms with Crippen molar-refractivity contribution in [1.29, 1.82) is 0 Å². The molecular weight excluding hydrogens is 258 g/mol. The van der Waals surface area contributed by atoms with Crippen molar-refractivity contribution in [1.82, 2.24) is 4.98 Å². The molecule has 6 heteroatoms. The van der Waals surface area contributed by atoms with E-state index in [-0.39, 0.29) is 18.4 Å². The molecule has 1 aromatic carbocycles. The van der Waals surface area contributed by atoms with E-state index < -0.39 is 0 Å². The van der Waals surface area contributed by atoms with Crippen molar-refractivity contribution in [2.75, 3.05) is 10.6 Å². The minimum absolute atomic E-state index is 0.231. The number of pyridine rings is 1. The van der Waals surface area contributed by atoms with Gasteiger partial charge in [-0.1, -0.05) is 0 Å². The molecule has 1 aliphatic rings. The summed E-state index contributed by atoms with van der Waals surface area (Å²) in [5.74, 6) is 0.269. The Labute approximate surface area is 114 Å². The Hall–Kier alpha value is -2.89. The number of esters is 1. The van der Waals surface area contributed by atoms with Gasteiger partial charge in [0.2, 0.25) is 0 Å². The van der Waals surface area contributed by atoms with Crippen molar-refractivity contribution in [3.05, 3.63) is 48.3 Å². The molecule has 2 N–H and O–H groups in total. The predicted octanol–water partition coefficient (Wildman–Crippen LogP) is 2.19. The van der Waals surface area contributed by atoms with Crippen LogP contribution < -0.4 is 15.4 Å². The molecule has 1 aromatic heterocycles. The molecule has 2 amide bonds. The maximum absolute atomic E-state index is 11.8. The summed E-state index contributed by atoms with van der Waals surface area (Å²) in [5, 5.41) is 5.35. The topological polar surface area (TPSA) is 80.3 Å². The molecule has 0 saturated carbocycles. The first-order valence-corrected chi connectivity index (χ1v) is 6.02. The molecule has 0 bridgehead atoms. The van der Waals surface area contributed by atoms with Crippen molar-refractivity contribution in [3.63, 3.8) is 0 Å². The van der Waals surface area contributed by atoms with Crippen molar-refractivity contribution < 1.29 is 14.3 Å². The zero-order valence-electron chi connectivity index (χ0n) is 10.4. The number of hydrogen-bond acceptors (Lipinski definition) is 4. The van der Waals surface area contributed by atoms with Gasteiger partial charge in [0, 0.05) is 17.4 Å². The molecule has 0 radical (unpaired) electrons. The first-order chi connectivity index (χ1) is 9.70. The van der Waals surface area contributed by atoms with Crippen LogP contribution in [-0.2, 0) is 11.2 Å². The van der Waals surface area contributed by atoms with Crippen molar-refractivity contribution >= 4 is 23.4 Å². The van der Waals surface area contributed by atoms with Crippen LogP contribution in [0.15, 0.2) is 42.7 Å². The highest BCUT2D eigenvalue weighted by Crippen LogP contribution is 2.28. The monoisotopic (exact) mass is 269 g/mol. The fraction of sp³-hybridized carbons (Fsp3) is 0.0714. The SMILES string of the molecule is O=C(Nc1cccnc1)Nc1ccc2c(c1)CC(=O)O2. The molecule has 6 nitrogen and oxygen atoms in total. The number of nitrogens with zero attached hydrogens (tertiary/aromatic N) is 1. The van der Waals surface area contributed by atoms with Crippen LogP contribution in [0.2, 0.25) is 0 Å². The average Bonchev–Trinajstić information content (AvgIpc) is 2.79. The van der Waals surface area contributed by atoms with Crippen LogP contribution in [0.25, 0.3) is 0 Å². The van der Waals surface area contributed by atoms with E-state index in [4.69, 9.17) is 4.74 Å². The van der Waals surface area contributed by atoms with E-state index >= 15 is 0 Å². The number of carbonyl (C=O) groups excluding carboxylic acids is 2. The van der Waals surface area contributed by atoms with Crippen LogP contribution in [0.1, 0.15) is 5.56 Å². The Morgan fingerprint density at radius 2 is 2.05 bits per heavy atom. The van der Waals surface area contributed by atoms with Crippen LogP contribution in [-0.4, -0.2) is 17.0 Å². The van der Waals surface area contributed by atoms with Gasteiger partial charge in [0.15, 0.2) is 0 Å². The molecule has 0 saturated heterocycles. The summed E-state index contributed by atoms with van der Waals surface area (Å²) in [5.41, 5.74) is 1.97. The van der Waals surface area contributed by atoms with Crippen LogP contribution in [0, 0.1) is 0 Å². The maximum Gasteiger partial charge on any atom is 0.323 e. The summed E-state index contributed by atoms with van der Waals surface area (Å²) in [6, 6.07) is 8.17. The van der Waals surface area contributed by atoms with Gasteiger partial charge in [0.05, 0.1) is 18.3 Å². The van der Waals surface area contributed by atoms with Crippen molar-refractivity contribution in [3.8, 4) is 5.75 Å². The largest absolute Gasteiger partial charge is 0.426 e. The normalized spacial score (nSPS) is 12.5. The van der Waals surface area contributed by atoms with E-state index in [9.17, 15) is 9.59 Å². The number of benzene rings is 1. The number of ether oxygens (including phenoxy) is 1. The minimum atomic E-state index is -0.372. The predicted molar refractivity (Wildman–Crippen MR) is 72.7 cm³/mol. The Balaban J connectivity index is 1.68. The number of nitrogens with one attached hydrogen (secondary N) is 2. The lowest BCUT2D eigenvalue weighted by Crippen LogP contribution is -2.19. The number of anilines is 2. The number of rotatable bonds is 2. The van der Waals surface area contributed by atoms with Gasteiger partial charge in [0.1, 0.15) is 5.75 Å². The number of amides is 2. The highest BCUT2D eigenvalue weighted by atomic mass is 16.5. The van der Waals surface area contributed by atoms with Crippen LogP contribution >= 0.6 is 0 Å². The van der Waals surface area contributed by atoms with E-state index in [2.05, 4.69) is 15.6 Å². The van der Waals surface area contributed by atoms with E-state index in [0.29, 0.717) is 17.1 Å². The van der Waals surface area contributed by atoms with Crippen LogP contribution in [0.5, 0.6) is 5.75 Å². The second kappa shape index (κ2) is 5.00. The Bertz CT molecular complexity index is 671. The molecule has 0 spiro atoms. The third-order valence-electron chi connectivity index (χ3n) is 2.80. The molecule has 2 aromatic rings. The smallest absolute Gasteiger partial charge is 0.323 e. The molecular formula is C14H11N3O3. The molecule has 0 atom stereocenters. The number of carbonyl (C=O) groups is 2. The molecule has 1 aliphatic heterocycles. The van der Waals surface area contributed by atoms with Gasteiger partial charge >= 0.3 is 12.0 Å². The fourth-order valence-corrected chi connectivity index (χ4v) is 1.94. The zero-order chi connectivity index (χ0) is 13.9. The standard InChI is InChI=1S/C14H11N3O3/c18-13-7-9-6-10(3-4-12(9)20-13)16-14(19)17-11-2-1-5-15-8-11/h1-6,8H,7H2,(H2,16,17,19). The summed E-state index contributed by atoms with van der Waals surface area (Å²) in [4.78, 5) is 26.8. The highest BCUT2D eigenvalue weighted by molar-refractivity contribution is 5.99. The number of urea groups is 1. The zero-order valence-corrected chi connectivity index (χ0v) is 10.4. The molecule has 0 aliphatic carbocycles. The quantitative estimate of drug-likeness (QED) is 0.647. The third-order valence-corrected chi connectivity index (χ3v) is 2.80. The Morgan fingerprint density at radius 3 is 2.85 bits per heavy atom. The third kappa shape index (κ3) is 2.59. The lowest BCUT2D eigenvalue weighted by Gasteiger charge is -2.08. The average molecular weight is 269 g/mol. The van der Waals surface area contributed by atoms with E-state index in [1.165, 1.54) is 0 Å². The minimum Gasteiger partial charge on any atom is -0.426 e. The molecule has 20 heavy (non-hydrogen) atoms. The van der Waals surface area contributed by atoms with Crippen molar-refractivity contribution in [2.45, 2.75) is 6.42 Å². The summed E-state index contributed by atoms with van der Waals surface area (Å²) in [7, 11) is 0. The number of fused-ring (bicyclic) bond motifs is 1. The summed E-state index contributed by atoms with van der Waals surface area (Å²) in [6.07, 6.45) is 3.41. The highest BCUT2D eigenvalue weighted by Gasteiger charge is 2.20. The summed E-state index contributed by atoms with van der Waals surface area (Å²) >= 11 is 0. The summed E-state index contributed by atoms with van der Waals surface area (Å²) in [6.45, 7) is 0. The van der Waals surface area contributed by atoms with Gasteiger partial charge in [0.25, 0.3) is 0 Å². The molecule has 2 heterocycles. The van der Waals surface area contributed by atoms with E-state index in [0.717, 1.165) is 5.56 Å². The second-order valence-corrected chi connectivity index (χ2v) is 4.29. The Morgan fingerprint density at radius 1 is 1.20 bits per heavy atom. The molecule has 0 fully saturated rings. The maximum atomic E-state index is 11.8. The van der Waals surface area contributed by atoms with Crippen LogP contribution in [0.4, 0.5) is 16.2 Å². The lowest BCUT2D eigenvalue weighted by molar-refractivity contribution is -0.131. The number of hydrogen-bond donors (Lipinski definition) is 2. The van der Waals surface area contributed by atoms with E-state index in [1.54, 1.807) is 42.7 Å². The lowest BCUT2D eigenvalue weighted by atomic mass is 10.1.